The van der Waals surface area contributed by atoms with Crippen LogP contribution in [-0.4, -0.2) is 63.1 Å². The number of rotatable bonds is 8. The minimum atomic E-state index is 0.298. The molecule has 2 atom stereocenters. The summed E-state index contributed by atoms with van der Waals surface area (Å²) in [5, 5.41) is 11.8. The molecule has 0 aromatic carbocycles. The first-order valence-electron chi connectivity index (χ1n) is 11.5. The molecule has 172 valence electrons. The molecular weight excluding hydrogens is 404 g/mol. The smallest absolute Gasteiger partial charge is 0.228 e. The van der Waals surface area contributed by atoms with Crippen LogP contribution in [0.15, 0.2) is 18.3 Å². The van der Waals surface area contributed by atoms with E-state index in [0.717, 1.165) is 59.4 Å². The molecule has 0 aliphatic carbocycles. The summed E-state index contributed by atoms with van der Waals surface area (Å²) in [6.45, 7) is 14.2. The maximum absolute atomic E-state index is 5.60. The Morgan fingerprint density at radius 2 is 2.06 bits per heavy atom. The fraction of sp³-hybridized carbons (Fsp3) is 0.565. The van der Waals surface area contributed by atoms with Gasteiger partial charge in [0.1, 0.15) is 16.9 Å². The molecule has 4 rings (SSSR count). The second-order valence-corrected chi connectivity index (χ2v) is 8.45. The number of nitrogens with one attached hydrogen (secondary N) is 2. The van der Waals surface area contributed by atoms with Gasteiger partial charge in [0.15, 0.2) is 5.82 Å². The third kappa shape index (κ3) is 4.68. The lowest BCUT2D eigenvalue weighted by atomic mass is 10.1. The largest absolute Gasteiger partial charge is 0.380 e. The summed E-state index contributed by atoms with van der Waals surface area (Å²) < 4.78 is 7.56. The molecule has 1 saturated heterocycles. The van der Waals surface area contributed by atoms with Gasteiger partial charge in [0, 0.05) is 38.0 Å². The Hall–Kier alpha value is -2.78. The van der Waals surface area contributed by atoms with Crippen LogP contribution in [0.3, 0.4) is 0 Å². The molecule has 1 aliphatic rings. The third-order valence-corrected chi connectivity index (χ3v) is 5.81. The van der Waals surface area contributed by atoms with E-state index in [0.29, 0.717) is 31.8 Å². The van der Waals surface area contributed by atoms with E-state index in [4.69, 9.17) is 19.8 Å². The monoisotopic (exact) mass is 438 g/mol. The number of pyridine rings is 1. The van der Waals surface area contributed by atoms with E-state index in [-0.39, 0.29) is 0 Å². The molecule has 0 bridgehead atoms. The summed E-state index contributed by atoms with van der Waals surface area (Å²) in [5.74, 6) is 2.20. The zero-order valence-electron chi connectivity index (χ0n) is 19.7. The van der Waals surface area contributed by atoms with Crippen molar-refractivity contribution in [1.82, 2.24) is 30.0 Å². The summed E-state index contributed by atoms with van der Waals surface area (Å²) in [6, 6.07) is 4.69. The van der Waals surface area contributed by atoms with E-state index in [1.54, 1.807) is 0 Å². The first-order chi connectivity index (χ1) is 15.5. The number of ether oxygens (including phenoxy) is 1. The van der Waals surface area contributed by atoms with Crippen LogP contribution in [0, 0.1) is 6.92 Å². The van der Waals surface area contributed by atoms with Crippen LogP contribution in [0.1, 0.15) is 39.0 Å². The molecule has 9 heteroatoms. The lowest BCUT2D eigenvalue weighted by Gasteiger charge is -2.37. The number of hydrogen-bond acceptors (Lipinski definition) is 8. The highest BCUT2D eigenvalue weighted by atomic mass is 16.5. The van der Waals surface area contributed by atoms with E-state index in [2.05, 4.69) is 41.3 Å². The second kappa shape index (κ2) is 9.79. The van der Waals surface area contributed by atoms with E-state index in [9.17, 15) is 0 Å². The van der Waals surface area contributed by atoms with Crippen LogP contribution in [0.5, 0.6) is 0 Å². The quantitative estimate of drug-likeness (QED) is 0.519. The predicted molar refractivity (Wildman–Crippen MR) is 128 cm³/mol. The first kappa shape index (κ1) is 22.4. The van der Waals surface area contributed by atoms with Crippen molar-refractivity contribution in [2.75, 3.05) is 36.5 Å². The number of piperazine rings is 1. The average Bonchev–Trinajstić information content (AvgIpc) is 3.15. The molecule has 3 aromatic heterocycles. The van der Waals surface area contributed by atoms with Crippen molar-refractivity contribution >= 4 is 28.6 Å². The summed E-state index contributed by atoms with van der Waals surface area (Å²) in [4.78, 5) is 16.8. The van der Waals surface area contributed by atoms with Gasteiger partial charge in [0.2, 0.25) is 5.95 Å². The molecule has 0 spiro atoms. The van der Waals surface area contributed by atoms with Crippen molar-refractivity contribution in [3.05, 3.63) is 29.6 Å². The number of aryl methyl sites for hydroxylation is 2. The van der Waals surface area contributed by atoms with Crippen LogP contribution in [-0.2, 0) is 17.7 Å². The Bertz CT molecular complexity index is 1050. The van der Waals surface area contributed by atoms with E-state index < -0.39 is 0 Å². The fourth-order valence-corrected chi connectivity index (χ4v) is 4.01. The minimum absolute atomic E-state index is 0.298. The molecular formula is C23H34N8O. The summed E-state index contributed by atoms with van der Waals surface area (Å²) in [7, 11) is 0. The van der Waals surface area contributed by atoms with Crippen molar-refractivity contribution in [3.63, 3.8) is 0 Å². The standard InChI is InChI=1S/C23H34N8O/c1-6-18-20-21(31(29-18)10-11-32-7-2)22(26-19-9-8-15(3)12-25-19)28-23(27-20)30-14-16(4)24-13-17(30)5/h8-9,12,16-17,24H,6-7,10-11,13-14H2,1-5H3,(H,25,26,27,28)/t16-,17+/m0/s1. The van der Waals surface area contributed by atoms with Crippen LogP contribution < -0.4 is 15.5 Å². The molecule has 1 aliphatic heterocycles. The first-order valence-corrected chi connectivity index (χ1v) is 11.5. The average molecular weight is 439 g/mol. The van der Waals surface area contributed by atoms with Crippen LogP contribution >= 0.6 is 0 Å². The molecule has 9 nitrogen and oxygen atoms in total. The van der Waals surface area contributed by atoms with E-state index >= 15 is 0 Å². The molecule has 1 fully saturated rings. The van der Waals surface area contributed by atoms with Gasteiger partial charge in [-0.3, -0.25) is 4.68 Å². The lowest BCUT2D eigenvalue weighted by Crippen LogP contribution is -2.55. The van der Waals surface area contributed by atoms with Gasteiger partial charge in [0.05, 0.1) is 18.8 Å². The van der Waals surface area contributed by atoms with Gasteiger partial charge in [-0.1, -0.05) is 13.0 Å². The number of hydrogen-bond donors (Lipinski definition) is 2. The third-order valence-electron chi connectivity index (χ3n) is 5.81. The topological polar surface area (TPSA) is 93.0 Å². The van der Waals surface area contributed by atoms with Crippen LogP contribution in [0.2, 0.25) is 0 Å². The van der Waals surface area contributed by atoms with Gasteiger partial charge >= 0.3 is 0 Å². The molecule has 4 heterocycles. The predicted octanol–water partition coefficient (Wildman–Crippen LogP) is 3.06. The summed E-state index contributed by atoms with van der Waals surface area (Å²) >= 11 is 0. The molecule has 0 amide bonds. The summed E-state index contributed by atoms with van der Waals surface area (Å²) in [6.07, 6.45) is 2.65. The highest BCUT2D eigenvalue weighted by Crippen LogP contribution is 2.30. The Morgan fingerprint density at radius 1 is 1.22 bits per heavy atom. The minimum Gasteiger partial charge on any atom is -0.380 e. The molecule has 0 saturated carbocycles. The molecule has 32 heavy (non-hydrogen) atoms. The van der Waals surface area contributed by atoms with E-state index in [1.807, 2.05) is 36.9 Å². The van der Waals surface area contributed by atoms with Gasteiger partial charge in [0.25, 0.3) is 0 Å². The molecule has 3 aromatic rings. The molecule has 2 N–H and O–H groups in total. The highest BCUT2D eigenvalue weighted by Gasteiger charge is 2.27. The number of anilines is 3. The Labute approximate surface area is 189 Å². The molecule has 0 radical (unpaired) electrons. The van der Waals surface area contributed by atoms with Gasteiger partial charge in [-0.25, -0.2) is 9.97 Å². The van der Waals surface area contributed by atoms with Gasteiger partial charge in [-0.2, -0.15) is 10.1 Å². The van der Waals surface area contributed by atoms with Gasteiger partial charge < -0.3 is 20.3 Å². The Kier molecular flexibility index (Phi) is 6.86. The number of aromatic nitrogens is 5. The number of nitrogens with zero attached hydrogens (tertiary/aromatic N) is 6. The Balaban J connectivity index is 1.82. The zero-order chi connectivity index (χ0) is 22.7. The normalized spacial score (nSPS) is 19.0. The van der Waals surface area contributed by atoms with Crippen molar-refractivity contribution < 1.29 is 4.74 Å². The van der Waals surface area contributed by atoms with Crippen molar-refractivity contribution in [2.24, 2.45) is 0 Å². The van der Waals surface area contributed by atoms with Gasteiger partial charge in [-0.15, -0.1) is 0 Å². The molecule has 0 unspecified atom stereocenters. The van der Waals surface area contributed by atoms with Gasteiger partial charge in [-0.05, 0) is 45.7 Å². The maximum Gasteiger partial charge on any atom is 0.228 e. The van der Waals surface area contributed by atoms with Crippen molar-refractivity contribution in [1.29, 1.82) is 0 Å². The summed E-state index contributed by atoms with van der Waals surface area (Å²) in [5.41, 5.74) is 3.86. The van der Waals surface area contributed by atoms with Crippen LogP contribution in [0.25, 0.3) is 11.0 Å². The Morgan fingerprint density at radius 3 is 2.78 bits per heavy atom. The second-order valence-electron chi connectivity index (χ2n) is 8.45. The van der Waals surface area contributed by atoms with Crippen molar-refractivity contribution in [2.45, 2.75) is 59.7 Å². The van der Waals surface area contributed by atoms with E-state index in [1.165, 1.54) is 0 Å². The fourth-order valence-electron chi connectivity index (χ4n) is 4.01. The SMILES string of the molecule is CCOCCn1nc(CC)c2nc(N3C[C@H](C)NC[C@H]3C)nc(Nc3ccc(C)cn3)c21. The number of fused-ring (bicyclic) bond motifs is 1. The van der Waals surface area contributed by atoms with Crippen molar-refractivity contribution in [3.8, 4) is 0 Å². The van der Waals surface area contributed by atoms with Crippen LogP contribution in [0.4, 0.5) is 17.6 Å². The maximum atomic E-state index is 5.60. The lowest BCUT2D eigenvalue weighted by molar-refractivity contribution is 0.137. The highest BCUT2D eigenvalue weighted by molar-refractivity contribution is 5.90. The zero-order valence-corrected chi connectivity index (χ0v) is 19.7.